The standard InChI is InChI=1S/C14H15F3N2O2/c1-13(2,3)10(20)12-19-18-11(21-12)8-4-6-9(7-5-8)14(15,16)17/h4-7,10,20H,1-3H3. The van der Waals surface area contributed by atoms with Crippen molar-refractivity contribution in [1.29, 1.82) is 0 Å². The molecule has 1 heterocycles. The van der Waals surface area contributed by atoms with E-state index >= 15 is 0 Å². The van der Waals surface area contributed by atoms with Crippen LogP contribution in [0.4, 0.5) is 13.2 Å². The largest absolute Gasteiger partial charge is 0.418 e. The fraction of sp³-hybridized carbons (Fsp3) is 0.429. The fourth-order valence-corrected chi connectivity index (χ4v) is 1.63. The Kier molecular flexibility index (Phi) is 3.79. The SMILES string of the molecule is CC(C)(C)C(O)c1nnc(-c2ccc(C(F)(F)F)cc2)o1. The second-order valence-corrected chi connectivity index (χ2v) is 5.79. The third kappa shape index (κ3) is 3.41. The van der Waals surface area contributed by atoms with Gasteiger partial charge in [0.25, 0.3) is 0 Å². The van der Waals surface area contributed by atoms with Gasteiger partial charge in [-0.15, -0.1) is 10.2 Å². The summed E-state index contributed by atoms with van der Waals surface area (Å²) in [6.07, 6.45) is -5.34. The molecule has 1 unspecified atom stereocenters. The van der Waals surface area contributed by atoms with Crippen molar-refractivity contribution in [3.05, 3.63) is 35.7 Å². The Morgan fingerprint density at radius 1 is 1.05 bits per heavy atom. The number of hydrogen-bond donors (Lipinski definition) is 1. The average Bonchev–Trinajstić information content (AvgIpc) is 2.85. The molecule has 0 amide bonds. The lowest BCUT2D eigenvalue weighted by Crippen LogP contribution is -2.18. The van der Waals surface area contributed by atoms with Crippen molar-refractivity contribution in [3.63, 3.8) is 0 Å². The van der Waals surface area contributed by atoms with Crippen LogP contribution < -0.4 is 0 Å². The van der Waals surface area contributed by atoms with Crippen LogP contribution in [-0.2, 0) is 6.18 Å². The van der Waals surface area contributed by atoms with E-state index in [0.29, 0.717) is 5.56 Å². The first-order valence-corrected chi connectivity index (χ1v) is 6.28. The molecule has 2 aromatic rings. The molecule has 21 heavy (non-hydrogen) atoms. The number of halogens is 3. The van der Waals surface area contributed by atoms with Crippen molar-refractivity contribution in [2.75, 3.05) is 0 Å². The Morgan fingerprint density at radius 2 is 1.62 bits per heavy atom. The van der Waals surface area contributed by atoms with E-state index < -0.39 is 23.3 Å². The topological polar surface area (TPSA) is 59.2 Å². The van der Waals surface area contributed by atoms with Crippen LogP contribution >= 0.6 is 0 Å². The Balaban J connectivity index is 2.26. The van der Waals surface area contributed by atoms with E-state index in [9.17, 15) is 18.3 Å². The zero-order chi connectivity index (χ0) is 15.8. The Bertz CT molecular complexity index is 612. The molecule has 0 aliphatic rings. The van der Waals surface area contributed by atoms with Gasteiger partial charge in [0.15, 0.2) is 0 Å². The minimum Gasteiger partial charge on any atom is -0.418 e. The van der Waals surface area contributed by atoms with Gasteiger partial charge in [0.1, 0.15) is 6.10 Å². The maximum absolute atomic E-state index is 12.5. The molecule has 0 bridgehead atoms. The predicted molar refractivity (Wildman–Crippen MR) is 69.2 cm³/mol. The van der Waals surface area contributed by atoms with Crippen molar-refractivity contribution in [2.45, 2.75) is 33.1 Å². The maximum atomic E-state index is 12.5. The number of aliphatic hydroxyl groups excluding tert-OH is 1. The molecule has 1 N–H and O–H groups in total. The van der Waals surface area contributed by atoms with Crippen LogP contribution in [0.1, 0.15) is 38.3 Å². The monoisotopic (exact) mass is 300 g/mol. The molecule has 0 saturated carbocycles. The number of benzene rings is 1. The van der Waals surface area contributed by atoms with Gasteiger partial charge in [-0.1, -0.05) is 20.8 Å². The molecular formula is C14H15F3N2O2. The van der Waals surface area contributed by atoms with Crippen molar-refractivity contribution in [2.24, 2.45) is 5.41 Å². The second kappa shape index (κ2) is 5.14. The van der Waals surface area contributed by atoms with E-state index in [1.165, 1.54) is 12.1 Å². The molecule has 0 spiro atoms. The van der Waals surface area contributed by atoms with Gasteiger partial charge in [-0.2, -0.15) is 13.2 Å². The van der Waals surface area contributed by atoms with Crippen molar-refractivity contribution in [1.82, 2.24) is 10.2 Å². The zero-order valence-electron chi connectivity index (χ0n) is 11.8. The summed E-state index contributed by atoms with van der Waals surface area (Å²) in [5.74, 6) is 0.111. The van der Waals surface area contributed by atoms with Crippen LogP contribution in [0, 0.1) is 5.41 Å². The summed E-state index contributed by atoms with van der Waals surface area (Å²) in [5.41, 5.74) is -0.868. The smallest absolute Gasteiger partial charge is 0.416 e. The highest BCUT2D eigenvalue weighted by atomic mass is 19.4. The molecule has 0 fully saturated rings. The normalized spacial score (nSPS) is 14.2. The van der Waals surface area contributed by atoms with E-state index in [2.05, 4.69) is 10.2 Å². The highest BCUT2D eigenvalue weighted by Gasteiger charge is 2.31. The molecule has 1 aromatic carbocycles. The molecule has 0 radical (unpaired) electrons. The highest BCUT2D eigenvalue weighted by molar-refractivity contribution is 5.53. The molecule has 1 atom stereocenters. The third-order valence-electron chi connectivity index (χ3n) is 2.95. The fourth-order valence-electron chi connectivity index (χ4n) is 1.63. The molecule has 2 rings (SSSR count). The molecule has 4 nitrogen and oxygen atoms in total. The van der Waals surface area contributed by atoms with E-state index in [1.807, 2.05) is 0 Å². The van der Waals surface area contributed by atoms with Crippen molar-refractivity contribution < 1.29 is 22.7 Å². The van der Waals surface area contributed by atoms with Gasteiger partial charge in [-0.3, -0.25) is 0 Å². The molecule has 7 heteroatoms. The molecule has 114 valence electrons. The molecule has 0 aliphatic carbocycles. The summed E-state index contributed by atoms with van der Waals surface area (Å²) in [4.78, 5) is 0. The number of alkyl halides is 3. The molecule has 0 saturated heterocycles. The Labute approximate surface area is 119 Å². The molecule has 1 aromatic heterocycles. The number of aliphatic hydroxyl groups is 1. The van der Waals surface area contributed by atoms with Crippen molar-refractivity contribution >= 4 is 0 Å². The van der Waals surface area contributed by atoms with Crippen LogP contribution in [0.3, 0.4) is 0 Å². The Morgan fingerprint density at radius 3 is 2.10 bits per heavy atom. The second-order valence-electron chi connectivity index (χ2n) is 5.79. The minimum atomic E-state index is -4.39. The quantitative estimate of drug-likeness (QED) is 0.915. The number of rotatable bonds is 2. The first-order chi connectivity index (χ1) is 9.59. The minimum absolute atomic E-state index is 0.0393. The van der Waals surface area contributed by atoms with E-state index in [4.69, 9.17) is 4.42 Å². The third-order valence-corrected chi connectivity index (χ3v) is 2.95. The summed E-state index contributed by atoms with van der Waals surface area (Å²) < 4.78 is 42.8. The van der Waals surface area contributed by atoms with E-state index in [1.54, 1.807) is 20.8 Å². The summed E-state index contributed by atoms with van der Waals surface area (Å²) in [6, 6.07) is 4.39. The van der Waals surface area contributed by atoms with Crippen LogP contribution in [-0.4, -0.2) is 15.3 Å². The first kappa shape index (κ1) is 15.5. The predicted octanol–water partition coefficient (Wildman–Crippen LogP) is 3.83. The van der Waals surface area contributed by atoms with Gasteiger partial charge in [-0.05, 0) is 29.7 Å². The van der Waals surface area contributed by atoms with Gasteiger partial charge >= 0.3 is 6.18 Å². The number of aromatic nitrogens is 2. The van der Waals surface area contributed by atoms with Gasteiger partial charge in [0.05, 0.1) is 5.56 Å². The van der Waals surface area contributed by atoms with Crippen LogP contribution in [0.5, 0.6) is 0 Å². The van der Waals surface area contributed by atoms with Crippen molar-refractivity contribution in [3.8, 4) is 11.5 Å². The van der Waals surface area contributed by atoms with Crippen LogP contribution in [0.2, 0.25) is 0 Å². The van der Waals surface area contributed by atoms with Gasteiger partial charge in [0, 0.05) is 5.56 Å². The average molecular weight is 300 g/mol. The van der Waals surface area contributed by atoms with Gasteiger partial charge in [0.2, 0.25) is 11.8 Å². The summed E-state index contributed by atoms with van der Waals surface area (Å²) >= 11 is 0. The summed E-state index contributed by atoms with van der Waals surface area (Å²) in [7, 11) is 0. The van der Waals surface area contributed by atoms with Crippen LogP contribution in [0.15, 0.2) is 28.7 Å². The first-order valence-electron chi connectivity index (χ1n) is 6.28. The van der Waals surface area contributed by atoms with Gasteiger partial charge in [-0.25, -0.2) is 0 Å². The van der Waals surface area contributed by atoms with Gasteiger partial charge < -0.3 is 9.52 Å². The number of hydrogen-bond acceptors (Lipinski definition) is 4. The molecule has 0 aliphatic heterocycles. The molecular weight excluding hydrogens is 285 g/mol. The lowest BCUT2D eigenvalue weighted by Gasteiger charge is -2.22. The Hall–Kier alpha value is -1.89. The maximum Gasteiger partial charge on any atom is 0.416 e. The zero-order valence-corrected chi connectivity index (χ0v) is 11.8. The lowest BCUT2D eigenvalue weighted by molar-refractivity contribution is -0.137. The summed E-state index contributed by atoms with van der Waals surface area (Å²) in [5, 5.41) is 17.5. The van der Waals surface area contributed by atoms with E-state index in [-0.39, 0.29) is 11.8 Å². The highest BCUT2D eigenvalue weighted by Crippen LogP contribution is 2.34. The number of nitrogens with zero attached hydrogens (tertiary/aromatic N) is 2. The van der Waals surface area contributed by atoms with Crippen LogP contribution in [0.25, 0.3) is 11.5 Å². The van der Waals surface area contributed by atoms with E-state index in [0.717, 1.165) is 12.1 Å². The summed E-state index contributed by atoms with van der Waals surface area (Å²) in [6.45, 7) is 5.42. The lowest BCUT2D eigenvalue weighted by atomic mass is 9.89.